The molecule has 41 heavy (non-hydrogen) atoms. The van der Waals surface area contributed by atoms with Crippen LogP contribution in [0.1, 0.15) is 100 Å². The highest BCUT2D eigenvalue weighted by Crippen LogP contribution is 2.75. The number of carbonyl (C=O) groups excluding carboxylic acids is 3. The van der Waals surface area contributed by atoms with Gasteiger partial charge in [-0.1, -0.05) is 54.5 Å². The van der Waals surface area contributed by atoms with Crippen molar-refractivity contribution in [1.29, 1.82) is 5.26 Å². The summed E-state index contributed by atoms with van der Waals surface area (Å²) in [5, 5.41) is 35.5. The molecule has 0 radical (unpaired) electrons. The standard InChI is InChI=1S/C34H48N2O5/c1-20(37)19-36-27(40)30(5)12-11-29(4)13-14-33(8)32(7)10-9-22-28(2,3)26(39)21(18-35)16-31(22,6)23(32)15-25(38)34(33,41)24(29)17-30/h15-16,20,22,24,37,41H,9-14,17,19H2,1-8H3,(H,36,40). The molecule has 0 heterocycles. The molecule has 9 atom stereocenters. The molecular formula is C34H48N2O5. The largest absolute Gasteiger partial charge is 0.392 e. The molecule has 5 aliphatic rings. The Morgan fingerprint density at radius 3 is 2.29 bits per heavy atom. The Labute approximate surface area is 244 Å². The number of nitrogens with one attached hydrogen (secondary N) is 1. The zero-order valence-corrected chi connectivity index (χ0v) is 26.1. The van der Waals surface area contributed by atoms with Gasteiger partial charge in [0.15, 0.2) is 11.6 Å². The van der Waals surface area contributed by atoms with E-state index in [4.69, 9.17) is 0 Å². The summed E-state index contributed by atoms with van der Waals surface area (Å²) in [6.07, 6.45) is 7.63. The topological polar surface area (TPSA) is 127 Å². The van der Waals surface area contributed by atoms with Crippen LogP contribution in [-0.4, -0.2) is 45.9 Å². The van der Waals surface area contributed by atoms with Crippen LogP contribution in [0, 0.1) is 55.7 Å². The van der Waals surface area contributed by atoms with E-state index in [1.807, 2.05) is 26.8 Å². The Morgan fingerprint density at radius 2 is 1.68 bits per heavy atom. The predicted molar refractivity (Wildman–Crippen MR) is 155 cm³/mol. The van der Waals surface area contributed by atoms with Crippen molar-refractivity contribution < 1.29 is 24.6 Å². The number of amides is 1. The fourth-order valence-corrected chi connectivity index (χ4v) is 10.4. The molecule has 0 aromatic heterocycles. The van der Waals surface area contributed by atoms with Crippen LogP contribution in [0.5, 0.6) is 0 Å². The SMILES string of the molecule is CC(O)CNC(=O)C1(C)CCC2(C)CCC3(C)C4(C)CCC5C(C)(C)C(=O)C(C#N)=CC5(C)C4=CC(=O)C3(O)C2C1. The molecule has 3 saturated carbocycles. The Balaban J connectivity index is 1.64. The highest BCUT2D eigenvalue weighted by molar-refractivity contribution is 6.05. The molecule has 3 fully saturated rings. The molecule has 7 heteroatoms. The predicted octanol–water partition coefficient (Wildman–Crippen LogP) is 4.82. The molecule has 3 N–H and O–H groups in total. The number of aliphatic hydroxyl groups is 2. The van der Waals surface area contributed by atoms with Crippen LogP contribution in [0.15, 0.2) is 23.3 Å². The first-order valence-electron chi connectivity index (χ1n) is 15.4. The molecular weight excluding hydrogens is 516 g/mol. The van der Waals surface area contributed by atoms with Gasteiger partial charge in [0.2, 0.25) is 5.91 Å². The van der Waals surface area contributed by atoms with Gasteiger partial charge in [0.25, 0.3) is 0 Å². The van der Waals surface area contributed by atoms with Crippen molar-refractivity contribution in [3.63, 3.8) is 0 Å². The number of hydrogen-bond donors (Lipinski definition) is 3. The van der Waals surface area contributed by atoms with Gasteiger partial charge >= 0.3 is 0 Å². The third kappa shape index (κ3) is 3.65. The van der Waals surface area contributed by atoms with E-state index in [0.717, 1.165) is 31.3 Å². The molecule has 0 aliphatic heterocycles. The van der Waals surface area contributed by atoms with Gasteiger partial charge in [-0.05, 0) is 80.3 Å². The third-order valence-electron chi connectivity index (χ3n) is 13.4. The van der Waals surface area contributed by atoms with Crippen LogP contribution in [0.25, 0.3) is 0 Å². The first-order chi connectivity index (χ1) is 18.8. The van der Waals surface area contributed by atoms with E-state index in [1.165, 1.54) is 0 Å². The number of allylic oxidation sites excluding steroid dienone is 3. The van der Waals surface area contributed by atoms with E-state index in [0.29, 0.717) is 19.3 Å². The number of nitrogens with zero attached hydrogens (tertiary/aromatic N) is 1. The van der Waals surface area contributed by atoms with Crippen molar-refractivity contribution in [2.45, 2.75) is 112 Å². The number of rotatable bonds is 3. The second-order valence-corrected chi connectivity index (χ2v) is 16.0. The minimum atomic E-state index is -1.66. The number of aliphatic hydroxyl groups excluding tert-OH is 1. The quantitative estimate of drug-likeness (QED) is 0.451. The van der Waals surface area contributed by atoms with E-state index in [9.17, 15) is 29.9 Å². The van der Waals surface area contributed by atoms with Crippen LogP contribution in [0.3, 0.4) is 0 Å². The highest BCUT2D eigenvalue weighted by Gasteiger charge is 2.75. The first-order valence-corrected chi connectivity index (χ1v) is 15.4. The van der Waals surface area contributed by atoms with Crippen molar-refractivity contribution in [2.75, 3.05) is 6.54 Å². The minimum absolute atomic E-state index is 0.0639. The summed E-state index contributed by atoms with van der Waals surface area (Å²) in [6.45, 7) is 16.1. The van der Waals surface area contributed by atoms with Gasteiger partial charge in [0.05, 0.1) is 11.7 Å². The molecule has 0 bridgehead atoms. The fraction of sp³-hybridized carbons (Fsp3) is 0.765. The van der Waals surface area contributed by atoms with Crippen LogP contribution < -0.4 is 5.32 Å². The number of carbonyl (C=O) groups is 3. The number of fused-ring (bicyclic) bond motifs is 7. The first kappa shape index (κ1) is 30.2. The summed E-state index contributed by atoms with van der Waals surface area (Å²) in [7, 11) is 0. The number of Topliss-reactive ketones (excluding diaryl/α,β-unsaturated/α-hetero) is 1. The summed E-state index contributed by atoms with van der Waals surface area (Å²) in [6, 6.07) is 2.14. The average molecular weight is 565 g/mol. The number of hydrogen-bond acceptors (Lipinski definition) is 6. The molecule has 5 rings (SSSR count). The van der Waals surface area contributed by atoms with Gasteiger partial charge in [0.1, 0.15) is 11.7 Å². The van der Waals surface area contributed by atoms with Gasteiger partial charge < -0.3 is 15.5 Å². The number of nitriles is 1. The Morgan fingerprint density at radius 1 is 1.05 bits per heavy atom. The zero-order chi connectivity index (χ0) is 30.6. The molecule has 7 nitrogen and oxygen atoms in total. The van der Waals surface area contributed by atoms with E-state index in [-0.39, 0.29) is 40.9 Å². The lowest BCUT2D eigenvalue weighted by Gasteiger charge is -2.71. The molecule has 0 aromatic rings. The zero-order valence-electron chi connectivity index (χ0n) is 26.1. The summed E-state index contributed by atoms with van der Waals surface area (Å²) < 4.78 is 0. The Kier molecular flexibility index (Phi) is 6.52. The van der Waals surface area contributed by atoms with Crippen LogP contribution in [0.2, 0.25) is 0 Å². The average Bonchev–Trinajstić information content (AvgIpc) is 2.89. The minimum Gasteiger partial charge on any atom is -0.392 e. The number of ketones is 2. The molecule has 0 saturated heterocycles. The van der Waals surface area contributed by atoms with Gasteiger partial charge in [-0.15, -0.1) is 0 Å². The lowest BCUT2D eigenvalue weighted by atomic mass is 9.33. The Hall–Kier alpha value is -2.30. The second-order valence-electron chi connectivity index (χ2n) is 16.0. The van der Waals surface area contributed by atoms with Crippen LogP contribution in [0.4, 0.5) is 0 Å². The van der Waals surface area contributed by atoms with Crippen molar-refractivity contribution in [3.05, 3.63) is 23.3 Å². The molecule has 5 aliphatic carbocycles. The fourth-order valence-electron chi connectivity index (χ4n) is 10.4. The van der Waals surface area contributed by atoms with E-state index >= 15 is 0 Å². The van der Waals surface area contributed by atoms with Gasteiger partial charge in [0, 0.05) is 34.1 Å². The summed E-state index contributed by atoms with van der Waals surface area (Å²) >= 11 is 0. The molecule has 9 unspecified atom stereocenters. The molecule has 224 valence electrons. The molecule has 1 amide bonds. The lowest BCUT2D eigenvalue weighted by molar-refractivity contribution is -0.242. The third-order valence-corrected chi connectivity index (χ3v) is 13.4. The van der Waals surface area contributed by atoms with E-state index in [2.05, 4.69) is 39.1 Å². The maximum atomic E-state index is 14.5. The van der Waals surface area contributed by atoms with Gasteiger partial charge in [-0.3, -0.25) is 14.4 Å². The van der Waals surface area contributed by atoms with Crippen LogP contribution >= 0.6 is 0 Å². The highest BCUT2D eigenvalue weighted by atomic mass is 16.3. The Bertz CT molecular complexity index is 1320. The maximum absolute atomic E-state index is 14.5. The van der Waals surface area contributed by atoms with Crippen molar-refractivity contribution in [1.82, 2.24) is 5.32 Å². The van der Waals surface area contributed by atoms with Gasteiger partial charge in [-0.25, -0.2) is 0 Å². The maximum Gasteiger partial charge on any atom is 0.226 e. The van der Waals surface area contributed by atoms with Crippen molar-refractivity contribution in [2.24, 2.45) is 44.3 Å². The smallest absolute Gasteiger partial charge is 0.226 e. The second kappa shape index (κ2) is 8.86. The summed E-state index contributed by atoms with van der Waals surface area (Å²) in [4.78, 5) is 41.2. The molecule has 0 aromatic carbocycles. The normalized spacial score (nSPS) is 47.3. The van der Waals surface area contributed by atoms with Gasteiger partial charge in [-0.2, -0.15) is 5.26 Å². The monoisotopic (exact) mass is 564 g/mol. The van der Waals surface area contributed by atoms with E-state index in [1.54, 1.807) is 13.0 Å². The molecule has 0 spiro atoms. The van der Waals surface area contributed by atoms with Crippen molar-refractivity contribution in [3.8, 4) is 6.07 Å². The summed E-state index contributed by atoms with van der Waals surface area (Å²) in [5.41, 5.74) is -4.37. The van der Waals surface area contributed by atoms with Crippen LogP contribution in [-0.2, 0) is 14.4 Å². The summed E-state index contributed by atoms with van der Waals surface area (Å²) in [5.74, 6) is -1.06. The lowest BCUT2D eigenvalue weighted by Crippen LogP contribution is -2.74. The van der Waals surface area contributed by atoms with Crippen molar-refractivity contribution >= 4 is 17.5 Å². The van der Waals surface area contributed by atoms with E-state index < -0.39 is 44.7 Å².